The number of nitrogens with zero attached hydrogens (tertiary/aromatic N) is 1. The molecule has 1 unspecified atom stereocenters. The predicted octanol–water partition coefficient (Wildman–Crippen LogP) is 3.32. The second-order valence-corrected chi connectivity index (χ2v) is 4.52. The normalized spacial score (nSPS) is 16.7. The predicted molar refractivity (Wildman–Crippen MR) is 60.0 cm³/mol. The molecule has 17 heavy (non-hydrogen) atoms. The number of rotatable bonds is 3. The quantitative estimate of drug-likeness (QED) is 0.882. The molecule has 1 N–H and O–H groups in total. The van der Waals surface area contributed by atoms with E-state index >= 15 is 0 Å². The summed E-state index contributed by atoms with van der Waals surface area (Å²) in [5.74, 6) is 0.544. The molecule has 0 aliphatic heterocycles. The number of aromatic nitrogens is 1. The molecular weight excluding hydrogens is 229 g/mol. The summed E-state index contributed by atoms with van der Waals surface area (Å²) in [7, 11) is 0. The van der Waals surface area contributed by atoms with Gasteiger partial charge < -0.3 is 5.32 Å². The topological polar surface area (TPSA) is 24.9 Å². The van der Waals surface area contributed by atoms with Crippen molar-refractivity contribution in [2.45, 2.75) is 44.8 Å². The van der Waals surface area contributed by atoms with Crippen LogP contribution in [-0.4, -0.2) is 17.2 Å². The zero-order chi connectivity index (χ0) is 12.5. The van der Waals surface area contributed by atoms with Gasteiger partial charge in [-0.15, -0.1) is 0 Å². The van der Waals surface area contributed by atoms with E-state index in [0.717, 1.165) is 25.0 Å². The van der Waals surface area contributed by atoms with Gasteiger partial charge in [0.15, 0.2) is 0 Å². The lowest BCUT2D eigenvalue weighted by Gasteiger charge is -2.16. The summed E-state index contributed by atoms with van der Waals surface area (Å²) in [4.78, 5) is 4.34. The Hall–Kier alpha value is -1.26. The van der Waals surface area contributed by atoms with Crippen LogP contribution in [0.2, 0.25) is 0 Å². The molecule has 0 amide bonds. The highest BCUT2D eigenvalue weighted by molar-refractivity contribution is 5.41. The van der Waals surface area contributed by atoms with Crippen molar-refractivity contribution in [1.29, 1.82) is 0 Å². The average Bonchev–Trinajstić information content (AvgIpc) is 2.61. The van der Waals surface area contributed by atoms with E-state index in [0.29, 0.717) is 5.82 Å². The first-order valence-electron chi connectivity index (χ1n) is 5.76. The van der Waals surface area contributed by atoms with Gasteiger partial charge in [0.1, 0.15) is 5.82 Å². The molecular formula is C12H15F3N2. The number of nitrogens with one attached hydrogen (secondary N) is 1. The van der Waals surface area contributed by atoms with Crippen molar-refractivity contribution >= 4 is 5.82 Å². The van der Waals surface area contributed by atoms with Gasteiger partial charge >= 0.3 is 6.18 Å². The molecule has 1 aliphatic carbocycles. The zero-order valence-corrected chi connectivity index (χ0v) is 9.64. The highest BCUT2D eigenvalue weighted by atomic mass is 19.4. The number of halogens is 3. The fourth-order valence-corrected chi connectivity index (χ4v) is 2.15. The maximum atomic E-state index is 12.2. The molecule has 1 atom stereocenters. The molecule has 0 saturated heterocycles. The van der Waals surface area contributed by atoms with Crippen LogP contribution in [0, 0.1) is 0 Å². The van der Waals surface area contributed by atoms with Crippen molar-refractivity contribution in [3.63, 3.8) is 0 Å². The van der Waals surface area contributed by atoms with Crippen LogP contribution in [0.3, 0.4) is 0 Å². The smallest absolute Gasteiger partial charge is 0.367 e. The summed E-state index contributed by atoms with van der Waals surface area (Å²) >= 11 is 0. The van der Waals surface area contributed by atoms with Crippen LogP contribution in [0.15, 0.2) is 12.1 Å². The number of aryl methyl sites for hydroxylation is 2. The monoisotopic (exact) mass is 244 g/mol. The first kappa shape index (κ1) is 12.2. The van der Waals surface area contributed by atoms with E-state index < -0.39 is 18.6 Å². The van der Waals surface area contributed by atoms with Gasteiger partial charge in [-0.1, -0.05) is 6.07 Å². The lowest BCUT2D eigenvalue weighted by molar-refractivity contribution is -0.136. The number of hydrogen-bond donors (Lipinski definition) is 1. The Bertz CT molecular complexity index is 401. The van der Waals surface area contributed by atoms with Gasteiger partial charge in [0, 0.05) is 11.7 Å². The van der Waals surface area contributed by atoms with Gasteiger partial charge in [0.25, 0.3) is 0 Å². The van der Waals surface area contributed by atoms with Gasteiger partial charge in [0.05, 0.1) is 6.42 Å². The number of alkyl halides is 3. The standard InChI is InChI=1S/C12H15F3N2/c1-8(7-12(13,14)15)16-11-6-5-9-3-2-4-10(9)17-11/h5-6,8H,2-4,7H2,1H3,(H,16,17). The summed E-state index contributed by atoms with van der Waals surface area (Å²) in [5, 5.41) is 2.80. The van der Waals surface area contributed by atoms with Gasteiger partial charge in [-0.3, -0.25) is 0 Å². The molecule has 94 valence electrons. The van der Waals surface area contributed by atoms with E-state index in [1.54, 1.807) is 6.07 Å². The third-order valence-corrected chi connectivity index (χ3v) is 2.86. The zero-order valence-electron chi connectivity index (χ0n) is 9.64. The third-order valence-electron chi connectivity index (χ3n) is 2.86. The molecule has 0 radical (unpaired) electrons. The van der Waals surface area contributed by atoms with E-state index in [-0.39, 0.29) is 0 Å². The van der Waals surface area contributed by atoms with Crippen molar-refractivity contribution in [3.05, 3.63) is 23.4 Å². The lowest BCUT2D eigenvalue weighted by Crippen LogP contribution is -2.24. The molecule has 0 bridgehead atoms. The number of anilines is 1. The van der Waals surface area contributed by atoms with Crippen molar-refractivity contribution in [1.82, 2.24) is 4.98 Å². The highest BCUT2D eigenvalue weighted by Crippen LogP contribution is 2.25. The fraction of sp³-hybridized carbons (Fsp3) is 0.583. The van der Waals surface area contributed by atoms with Crippen molar-refractivity contribution in [3.8, 4) is 0 Å². The summed E-state index contributed by atoms with van der Waals surface area (Å²) < 4.78 is 36.5. The van der Waals surface area contributed by atoms with Crippen LogP contribution in [0.5, 0.6) is 0 Å². The molecule has 2 rings (SSSR count). The Morgan fingerprint density at radius 2 is 2.12 bits per heavy atom. The third kappa shape index (κ3) is 3.35. The van der Waals surface area contributed by atoms with Gasteiger partial charge in [-0.05, 0) is 37.8 Å². The van der Waals surface area contributed by atoms with Crippen molar-refractivity contribution in [2.24, 2.45) is 0 Å². The maximum Gasteiger partial charge on any atom is 0.391 e. The van der Waals surface area contributed by atoms with Crippen LogP contribution in [-0.2, 0) is 12.8 Å². The van der Waals surface area contributed by atoms with Crippen LogP contribution in [0.4, 0.5) is 19.0 Å². The summed E-state index contributed by atoms with van der Waals surface area (Å²) in [6.45, 7) is 1.52. The number of pyridine rings is 1. The van der Waals surface area contributed by atoms with E-state index in [2.05, 4.69) is 10.3 Å². The van der Waals surface area contributed by atoms with E-state index in [4.69, 9.17) is 0 Å². The van der Waals surface area contributed by atoms with Gasteiger partial charge in [-0.2, -0.15) is 13.2 Å². The van der Waals surface area contributed by atoms with Crippen molar-refractivity contribution < 1.29 is 13.2 Å². The summed E-state index contributed by atoms with van der Waals surface area (Å²) in [6, 6.07) is 3.07. The van der Waals surface area contributed by atoms with Crippen LogP contribution in [0.1, 0.15) is 31.0 Å². The summed E-state index contributed by atoms with van der Waals surface area (Å²) in [6.07, 6.45) is -1.93. The Morgan fingerprint density at radius 3 is 2.82 bits per heavy atom. The molecule has 0 saturated carbocycles. The number of fused-ring (bicyclic) bond motifs is 1. The first-order chi connectivity index (χ1) is 7.94. The Morgan fingerprint density at radius 1 is 1.35 bits per heavy atom. The maximum absolute atomic E-state index is 12.2. The second-order valence-electron chi connectivity index (χ2n) is 4.52. The fourth-order valence-electron chi connectivity index (χ4n) is 2.15. The molecule has 0 spiro atoms. The molecule has 1 aromatic heterocycles. The SMILES string of the molecule is CC(CC(F)(F)F)Nc1ccc2c(n1)CCC2. The lowest BCUT2D eigenvalue weighted by atomic mass is 10.2. The van der Waals surface area contributed by atoms with Gasteiger partial charge in [-0.25, -0.2) is 4.98 Å². The van der Waals surface area contributed by atoms with Gasteiger partial charge in [0.2, 0.25) is 0 Å². The van der Waals surface area contributed by atoms with Crippen molar-refractivity contribution in [2.75, 3.05) is 5.32 Å². The summed E-state index contributed by atoms with van der Waals surface area (Å²) in [5.41, 5.74) is 2.24. The molecule has 5 heteroatoms. The van der Waals surface area contributed by atoms with E-state index in [1.165, 1.54) is 12.5 Å². The molecule has 1 aromatic rings. The number of hydrogen-bond acceptors (Lipinski definition) is 2. The largest absolute Gasteiger partial charge is 0.391 e. The van der Waals surface area contributed by atoms with Crippen LogP contribution >= 0.6 is 0 Å². The Labute approximate surface area is 98.2 Å². The van der Waals surface area contributed by atoms with Crippen LogP contribution < -0.4 is 5.32 Å². The molecule has 1 heterocycles. The Kier molecular flexibility index (Phi) is 3.26. The molecule has 2 nitrogen and oxygen atoms in total. The first-order valence-corrected chi connectivity index (χ1v) is 5.76. The minimum absolute atomic E-state index is 0.544. The highest BCUT2D eigenvalue weighted by Gasteiger charge is 2.30. The molecule has 0 aromatic carbocycles. The van der Waals surface area contributed by atoms with Crippen LogP contribution in [0.25, 0.3) is 0 Å². The second kappa shape index (κ2) is 4.55. The Balaban J connectivity index is 1.99. The average molecular weight is 244 g/mol. The minimum atomic E-state index is -4.14. The molecule has 1 aliphatic rings. The minimum Gasteiger partial charge on any atom is -0.367 e. The molecule has 0 fully saturated rings. The van der Waals surface area contributed by atoms with E-state index in [9.17, 15) is 13.2 Å². The van der Waals surface area contributed by atoms with E-state index in [1.807, 2.05) is 6.07 Å².